The Bertz CT molecular complexity index is 629. The SMILES string of the molecule is CC(=O)NC12C[C@H]3C[C@@H](C1)CC(C(=O)Nc1ccccn1)(C3)C2. The van der Waals surface area contributed by atoms with Crippen molar-refractivity contribution in [3.05, 3.63) is 24.4 Å². The summed E-state index contributed by atoms with van der Waals surface area (Å²) >= 11 is 0. The molecule has 5 nitrogen and oxygen atoms in total. The molecule has 2 amide bonds. The first kappa shape index (κ1) is 14.7. The predicted octanol–water partition coefficient (Wildman–Crippen LogP) is 2.50. The average molecular weight is 313 g/mol. The Morgan fingerprint density at radius 2 is 1.91 bits per heavy atom. The zero-order valence-electron chi connectivity index (χ0n) is 13.5. The molecule has 4 atom stereocenters. The zero-order chi connectivity index (χ0) is 16.1. The van der Waals surface area contributed by atoms with E-state index in [1.165, 1.54) is 6.42 Å². The normalized spacial score (nSPS) is 37.4. The summed E-state index contributed by atoms with van der Waals surface area (Å²) in [5, 5.41) is 6.20. The number of nitrogens with one attached hydrogen (secondary N) is 2. The summed E-state index contributed by atoms with van der Waals surface area (Å²) in [6.07, 6.45) is 7.62. The average Bonchev–Trinajstić information content (AvgIpc) is 2.45. The van der Waals surface area contributed by atoms with Gasteiger partial charge in [-0.05, 0) is 62.5 Å². The maximum Gasteiger partial charge on any atom is 0.231 e. The molecule has 4 aliphatic carbocycles. The van der Waals surface area contributed by atoms with Gasteiger partial charge in [0.25, 0.3) is 0 Å². The maximum atomic E-state index is 13.0. The molecule has 0 spiro atoms. The van der Waals surface area contributed by atoms with Crippen LogP contribution in [-0.2, 0) is 9.59 Å². The topological polar surface area (TPSA) is 71.1 Å². The number of rotatable bonds is 3. The van der Waals surface area contributed by atoms with Crippen molar-refractivity contribution in [2.45, 2.75) is 51.0 Å². The van der Waals surface area contributed by atoms with Crippen LogP contribution >= 0.6 is 0 Å². The van der Waals surface area contributed by atoms with Gasteiger partial charge in [-0.3, -0.25) is 9.59 Å². The number of hydrogen-bond donors (Lipinski definition) is 2. The van der Waals surface area contributed by atoms with Crippen LogP contribution < -0.4 is 10.6 Å². The van der Waals surface area contributed by atoms with Crippen molar-refractivity contribution in [2.75, 3.05) is 5.32 Å². The lowest BCUT2D eigenvalue weighted by atomic mass is 9.46. The largest absolute Gasteiger partial charge is 0.351 e. The summed E-state index contributed by atoms with van der Waals surface area (Å²) in [5.41, 5.74) is -0.512. The van der Waals surface area contributed by atoms with Gasteiger partial charge in [0.15, 0.2) is 0 Å². The minimum absolute atomic E-state index is 0.0206. The van der Waals surface area contributed by atoms with Crippen LogP contribution in [0, 0.1) is 17.3 Å². The first-order valence-electron chi connectivity index (χ1n) is 8.50. The van der Waals surface area contributed by atoms with Crippen LogP contribution in [0.5, 0.6) is 0 Å². The summed E-state index contributed by atoms with van der Waals surface area (Å²) in [5.74, 6) is 1.82. The lowest BCUT2D eigenvalue weighted by Crippen LogP contribution is -2.65. The quantitative estimate of drug-likeness (QED) is 0.900. The Labute approximate surface area is 136 Å². The van der Waals surface area contributed by atoms with E-state index in [4.69, 9.17) is 0 Å². The Morgan fingerprint density at radius 1 is 1.17 bits per heavy atom. The van der Waals surface area contributed by atoms with E-state index in [1.54, 1.807) is 13.1 Å². The number of pyridine rings is 1. The van der Waals surface area contributed by atoms with E-state index in [9.17, 15) is 9.59 Å². The van der Waals surface area contributed by atoms with Gasteiger partial charge in [-0.2, -0.15) is 0 Å². The highest BCUT2D eigenvalue weighted by atomic mass is 16.2. The molecule has 4 fully saturated rings. The molecule has 0 aliphatic heterocycles. The molecule has 2 unspecified atom stereocenters. The number of nitrogens with zero attached hydrogens (tertiary/aromatic N) is 1. The molecule has 1 heterocycles. The Kier molecular flexibility index (Phi) is 3.22. The first-order chi connectivity index (χ1) is 11.0. The van der Waals surface area contributed by atoms with Crippen LogP contribution in [0.4, 0.5) is 5.82 Å². The molecule has 0 saturated heterocycles. The summed E-state index contributed by atoms with van der Waals surface area (Å²) < 4.78 is 0. The monoisotopic (exact) mass is 313 g/mol. The molecule has 1 aromatic heterocycles. The third kappa shape index (κ3) is 2.52. The fourth-order valence-corrected chi connectivity index (χ4v) is 5.73. The van der Waals surface area contributed by atoms with Gasteiger partial charge in [0.1, 0.15) is 5.82 Å². The number of carbonyl (C=O) groups is 2. The standard InChI is InChI=1S/C18H23N3O2/c1-12(22)21-18-9-13-6-14(10-18)8-17(7-13,11-18)16(23)20-15-4-2-3-5-19-15/h2-5,13-14H,6-11H2,1H3,(H,21,22)(H,19,20,23)/t13-,14+,17?,18?. The molecule has 122 valence electrons. The zero-order valence-corrected chi connectivity index (χ0v) is 13.5. The Hall–Kier alpha value is -1.91. The molecule has 4 saturated carbocycles. The van der Waals surface area contributed by atoms with E-state index in [0.717, 1.165) is 32.1 Å². The maximum absolute atomic E-state index is 13.0. The number of hydrogen-bond acceptors (Lipinski definition) is 3. The minimum atomic E-state index is -0.343. The van der Waals surface area contributed by atoms with Crippen molar-refractivity contribution in [3.63, 3.8) is 0 Å². The van der Waals surface area contributed by atoms with Crippen molar-refractivity contribution >= 4 is 17.6 Å². The Balaban J connectivity index is 1.60. The van der Waals surface area contributed by atoms with E-state index in [0.29, 0.717) is 17.7 Å². The molecule has 0 radical (unpaired) electrons. The summed E-state index contributed by atoms with van der Waals surface area (Å²) in [7, 11) is 0. The number of amides is 2. The van der Waals surface area contributed by atoms with E-state index in [-0.39, 0.29) is 22.8 Å². The second-order valence-electron chi connectivity index (χ2n) is 7.87. The van der Waals surface area contributed by atoms with E-state index in [2.05, 4.69) is 15.6 Å². The lowest BCUT2D eigenvalue weighted by molar-refractivity contribution is -0.148. The molecule has 0 aromatic carbocycles. The summed E-state index contributed by atoms with van der Waals surface area (Å²) in [6.45, 7) is 1.58. The first-order valence-corrected chi connectivity index (χ1v) is 8.50. The third-order valence-electron chi connectivity index (χ3n) is 5.89. The fraction of sp³-hybridized carbons (Fsp3) is 0.611. The predicted molar refractivity (Wildman–Crippen MR) is 86.5 cm³/mol. The number of anilines is 1. The van der Waals surface area contributed by atoms with E-state index in [1.807, 2.05) is 18.2 Å². The van der Waals surface area contributed by atoms with Gasteiger partial charge in [0, 0.05) is 18.7 Å². The van der Waals surface area contributed by atoms with Crippen molar-refractivity contribution < 1.29 is 9.59 Å². The minimum Gasteiger partial charge on any atom is -0.351 e. The van der Waals surface area contributed by atoms with Crippen molar-refractivity contribution in [2.24, 2.45) is 17.3 Å². The van der Waals surface area contributed by atoms with Crippen molar-refractivity contribution in [1.29, 1.82) is 0 Å². The molecule has 2 N–H and O–H groups in total. The molecule has 1 aromatic rings. The van der Waals surface area contributed by atoms with Crippen LogP contribution in [0.1, 0.15) is 45.4 Å². The summed E-state index contributed by atoms with van der Waals surface area (Å²) in [6, 6.07) is 5.54. The fourth-order valence-electron chi connectivity index (χ4n) is 5.73. The second-order valence-corrected chi connectivity index (χ2v) is 7.87. The molecular weight excluding hydrogens is 290 g/mol. The molecule has 5 rings (SSSR count). The molecule has 4 aliphatic rings. The number of carbonyl (C=O) groups excluding carboxylic acids is 2. The summed E-state index contributed by atoms with van der Waals surface area (Å²) in [4.78, 5) is 28.9. The van der Waals surface area contributed by atoms with Crippen LogP contribution in [-0.4, -0.2) is 22.3 Å². The molecule has 5 heteroatoms. The van der Waals surface area contributed by atoms with Crippen molar-refractivity contribution in [1.82, 2.24) is 10.3 Å². The van der Waals surface area contributed by atoms with Crippen LogP contribution in [0.15, 0.2) is 24.4 Å². The van der Waals surface area contributed by atoms with Gasteiger partial charge < -0.3 is 10.6 Å². The second kappa shape index (κ2) is 5.05. The van der Waals surface area contributed by atoms with Crippen LogP contribution in [0.25, 0.3) is 0 Å². The smallest absolute Gasteiger partial charge is 0.231 e. The van der Waals surface area contributed by atoms with Gasteiger partial charge in [-0.1, -0.05) is 6.07 Å². The lowest BCUT2D eigenvalue weighted by Gasteiger charge is -2.61. The van der Waals surface area contributed by atoms with Gasteiger partial charge >= 0.3 is 0 Å². The highest BCUT2D eigenvalue weighted by molar-refractivity contribution is 5.95. The van der Waals surface area contributed by atoms with Gasteiger partial charge in [-0.15, -0.1) is 0 Å². The highest BCUT2D eigenvalue weighted by Gasteiger charge is 2.60. The van der Waals surface area contributed by atoms with Crippen molar-refractivity contribution in [3.8, 4) is 0 Å². The van der Waals surface area contributed by atoms with Gasteiger partial charge in [0.2, 0.25) is 11.8 Å². The van der Waals surface area contributed by atoms with E-state index < -0.39 is 0 Å². The Morgan fingerprint density at radius 3 is 2.52 bits per heavy atom. The van der Waals surface area contributed by atoms with Crippen LogP contribution in [0.2, 0.25) is 0 Å². The highest BCUT2D eigenvalue weighted by Crippen LogP contribution is 2.61. The molecule has 23 heavy (non-hydrogen) atoms. The van der Waals surface area contributed by atoms with E-state index >= 15 is 0 Å². The van der Waals surface area contributed by atoms with Gasteiger partial charge in [-0.25, -0.2) is 4.98 Å². The van der Waals surface area contributed by atoms with Gasteiger partial charge in [0.05, 0.1) is 5.41 Å². The molecule has 4 bridgehead atoms. The number of aromatic nitrogens is 1. The van der Waals surface area contributed by atoms with Crippen LogP contribution in [0.3, 0.4) is 0 Å². The third-order valence-corrected chi connectivity index (χ3v) is 5.89. The molecular formula is C18H23N3O2.